The minimum absolute atomic E-state index is 0.108. The highest BCUT2D eigenvalue weighted by atomic mass is 16.1. The van der Waals surface area contributed by atoms with Gasteiger partial charge in [0.05, 0.1) is 5.69 Å². The van der Waals surface area contributed by atoms with E-state index in [9.17, 15) is 4.79 Å². The lowest BCUT2D eigenvalue weighted by Gasteiger charge is -2.14. The molecule has 1 aliphatic rings. The van der Waals surface area contributed by atoms with Gasteiger partial charge < -0.3 is 0 Å². The number of rotatable bonds is 7. The van der Waals surface area contributed by atoms with E-state index in [-0.39, 0.29) is 5.78 Å². The average Bonchev–Trinajstić information content (AvgIpc) is 2.83. The second-order valence-corrected chi connectivity index (χ2v) is 5.30. The molecule has 0 spiro atoms. The van der Waals surface area contributed by atoms with Crippen LogP contribution in [0.15, 0.2) is 6.58 Å². The molecule has 1 aromatic rings. The predicted molar refractivity (Wildman–Crippen MR) is 76.0 cm³/mol. The molecule has 0 amide bonds. The van der Waals surface area contributed by atoms with Crippen LogP contribution in [-0.2, 0) is 6.54 Å². The number of hydrogen-bond donors (Lipinski definition) is 0. The van der Waals surface area contributed by atoms with Gasteiger partial charge in [0.1, 0.15) is 0 Å². The van der Waals surface area contributed by atoms with E-state index in [1.165, 1.54) is 32.1 Å². The van der Waals surface area contributed by atoms with Crippen LogP contribution in [0.2, 0.25) is 0 Å². The highest BCUT2D eigenvalue weighted by molar-refractivity contribution is 6.01. The van der Waals surface area contributed by atoms with E-state index in [2.05, 4.69) is 23.8 Å². The van der Waals surface area contributed by atoms with Crippen molar-refractivity contribution in [1.82, 2.24) is 15.0 Å². The first kappa shape index (κ1) is 14.0. The van der Waals surface area contributed by atoms with Crippen LogP contribution in [0.25, 0.3) is 5.57 Å². The van der Waals surface area contributed by atoms with Crippen LogP contribution in [0.5, 0.6) is 0 Å². The van der Waals surface area contributed by atoms with Gasteiger partial charge in [0.15, 0.2) is 11.5 Å². The van der Waals surface area contributed by atoms with Gasteiger partial charge in [-0.3, -0.25) is 4.79 Å². The van der Waals surface area contributed by atoms with Gasteiger partial charge in [0.25, 0.3) is 0 Å². The monoisotopic (exact) mass is 261 g/mol. The average molecular weight is 261 g/mol. The van der Waals surface area contributed by atoms with Crippen LogP contribution in [0.4, 0.5) is 0 Å². The van der Waals surface area contributed by atoms with Crippen molar-refractivity contribution >= 4 is 11.4 Å². The summed E-state index contributed by atoms with van der Waals surface area (Å²) < 4.78 is 1.87. The number of allylic oxidation sites excluding steroid dienone is 1. The van der Waals surface area contributed by atoms with Crippen molar-refractivity contribution < 1.29 is 4.79 Å². The molecular weight excluding hydrogens is 238 g/mol. The first-order valence-corrected chi connectivity index (χ1v) is 7.39. The van der Waals surface area contributed by atoms with Crippen molar-refractivity contribution in [2.24, 2.45) is 0 Å². The summed E-state index contributed by atoms with van der Waals surface area (Å²) in [6.07, 6.45) is 8.79. The molecule has 0 atom stereocenters. The smallest absolute Gasteiger partial charge is 0.185 e. The molecule has 0 unspecified atom stereocenters. The van der Waals surface area contributed by atoms with E-state index in [0.29, 0.717) is 12.1 Å². The molecule has 1 aromatic heterocycles. The van der Waals surface area contributed by atoms with Crippen molar-refractivity contribution in [3.05, 3.63) is 18.0 Å². The number of carbonyl (C=O) groups is 1. The Kier molecular flexibility index (Phi) is 4.88. The number of aromatic nitrogens is 3. The number of fused-ring (bicyclic) bond motifs is 1. The standard InChI is InChI=1S/C15H23N3O/c1-3-4-5-6-7-8-11-18-15-12(2)9-10-13(19)14(15)16-17-18/h2-11H2,1H3. The molecule has 0 aromatic carbocycles. The summed E-state index contributed by atoms with van der Waals surface area (Å²) in [5.74, 6) is 0.108. The third-order valence-electron chi connectivity index (χ3n) is 3.71. The number of unbranched alkanes of at least 4 members (excludes halogenated alkanes) is 5. The summed E-state index contributed by atoms with van der Waals surface area (Å²) in [5.41, 5.74) is 2.41. The van der Waals surface area contributed by atoms with Gasteiger partial charge in [-0.2, -0.15) is 0 Å². The van der Waals surface area contributed by atoms with E-state index in [1.807, 2.05) is 4.68 Å². The fourth-order valence-electron chi connectivity index (χ4n) is 2.55. The van der Waals surface area contributed by atoms with Crippen LogP contribution >= 0.6 is 0 Å². The van der Waals surface area contributed by atoms with Crippen molar-refractivity contribution in [3.63, 3.8) is 0 Å². The van der Waals surface area contributed by atoms with Gasteiger partial charge in [-0.15, -0.1) is 5.10 Å². The summed E-state index contributed by atoms with van der Waals surface area (Å²) in [5, 5.41) is 8.14. The minimum Gasteiger partial charge on any atom is -0.292 e. The lowest BCUT2D eigenvalue weighted by molar-refractivity contribution is 0.0975. The Morgan fingerprint density at radius 1 is 1.16 bits per heavy atom. The zero-order valence-electron chi connectivity index (χ0n) is 11.8. The summed E-state index contributed by atoms with van der Waals surface area (Å²) >= 11 is 0. The Labute approximate surface area is 114 Å². The maximum absolute atomic E-state index is 11.7. The second-order valence-electron chi connectivity index (χ2n) is 5.30. The number of nitrogens with zero attached hydrogens (tertiary/aromatic N) is 3. The molecular formula is C15H23N3O. The maximum atomic E-state index is 11.7. The predicted octanol–water partition coefficient (Wildman–Crippen LogP) is 3.63. The van der Waals surface area contributed by atoms with E-state index in [1.54, 1.807) is 0 Å². The Morgan fingerprint density at radius 3 is 2.68 bits per heavy atom. The highest BCUT2D eigenvalue weighted by Crippen LogP contribution is 2.27. The van der Waals surface area contributed by atoms with Crippen LogP contribution in [-0.4, -0.2) is 20.8 Å². The quantitative estimate of drug-likeness (QED) is 0.704. The van der Waals surface area contributed by atoms with Crippen LogP contribution < -0.4 is 0 Å². The lowest BCUT2D eigenvalue weighted by Crippen LogP contribution is -2.13. The first-order valence-electron chi connectivity index (χ1n) is 7.39. The Morgan fingerprint density at radius 2 is 1.89 bits per heavy atom. The van der Waals surface area contributed by atoms with Crippen molar-refractivity contribution in [2.45, 2.75) is 64.8 Å². The largest absolute Gasteiger partial charge is 0.292 e. The van der Waals surface area contributed by atoms with Gasteiger partial charge in [-0.1, -0.05) is 50.8 Å². The van der Waals surface area contributed by atoms with Gasteiger partial charge in [0.2, 0.25) is 0 Å². The van der Waals surface area contributed by atoms with Crippen LogP contribution in [0.1, 0.15) is 74.5 Å². The number of aryl methyl sites for hydroxylation is 1. The fraction of sp³-hybridized carbons (Fsp3) is 0.667. The molecule has 0 fully saturated rings. The number of carbonyl (C=O) groups excluding carboxylic acids is 1. The Hall–Kier alpha value is -1.45. The van der Waals surface area contributed by atoms with Gasteiger partial charge >= 0.3 is 0 Å². The Bertz CT molecular complexity index is 462. The van der Waals surface area contributed by atoms with E-state index in [0.717, 1.165) is 30.7 Å². The zero-order valence-corrected chi connectivity index (χ0v) is 11.8. The summed E-state index contributed by atoms with van der Waals surface area (Å²) in [7, 11) is 0. The molecule has 0 bridgehead atoms. The highest BCUT2D eigenvalue weighted by Gasteiger charge is 2.26. The molecule has 1 aliphatic carbocycles. The van der Waals surface area contributed by atoms with Crippen molar-refractivity contribution in [3.8, 4) is 0 Å². The molecule has 104 valence electrons. The summed E-state index contributed by atoms with van der Waals surface area (Å²) in [4.78, 5) is 11.7. The normalized spacial score (nSPS) is 14.8. The van der Waals surface area contributed by atoms with Crippen LogP contribution in [0, 0.1) is 0 Å². The van der Waals surface area contributed by atoms with Gasteiger partial charge in [-0.25, -0.2) is 4.68 Å². The number of ketones is 1. The maximum Gasteiger partial charge on any atom is 0.185 e. The molecule has 19 heavy (non-hydrogen) atoms. The van der Waals surface area contributed by atoms with Crippen molar-refractivity contribution in [2.75, 3.05) is 0 Å². The fourth-order valence-corrected chi connectivity index (χ4v) is 2.55. The molecule has 0 radical (unpaired) electrons. The molecule has 1 heterocycles. The topological polar surface area (TPSA) is 47.8 Å². The molecule has 4 heteroatoms. The first-order chi connectivity index (χ1) is 9.24. The SMILES string of the molecule is C=C1CCC(=O)c2nnn(CCCCCCCC)c21. The van der Waals surface area contributed by atoms with Gasteiger partial charge in [0, 0.05) is 13.0 Å². The molecule has 0 saturated heterocycles. The van der Waals surface area contributed by atoms with E-state index < -0.39 is 0 Å². The van der Waals surface area contributed by atoms with E-state index in [4.69, 9.17) is 0 Å². The number of Topliss-reactive ketones (excluding diaryl/α,β-unsaturated/α-hetero) is 1. The zero-order chi connectivity index (χ0) is 13.7. The third-order valence-corrected chi connectivity index (χ3v) is 3.71. The van der Waals surface area contributed by atoms with Crippen molar-refractivity contribution in [1.29, 1.82) is 0 Å². The molecule has 0 saturated carbocycles. The second kappa shape index (κ2) is 6.64. The molecule has 0 N–H and O–H groups in total. The summed E-state index contributed by atoms with van der Waals surface area (Å²) in [6.45, 7) is 7.11. The van der Waals surface area contributed by atoms with E-state index >= 15 is 0 Å². The Balaban J connectivity index is 1.88. The van der Waals surface area contributed by atoms with Gasteiger partial charge in [-0.05, 0) is 18.4 Å². The number of hydrogen-bond acceptors (Lipinski definition) is 3. The molecule has 4 nitrogen and oxygen atoms in total. The minimum atomic E-state index is 0.108. The molecule has 2 rings (SSSR count). The summed E-state index contributed by atoms with van der Waals surface area (Å²) in [6, 6.07) is 0. The van der Waals surface area contributed by atoms with Crippen LogP contribution in [0.3, 0.4) is 0 Å². The lowest BCUT2D eigenvalue weighted by atomic mass is 9.95. The molecule has 0 aliphatic heterocycles. The third kappa shape index (κ3) is 3.31.